The van der Waals surface area contributed by atoms with E-state index in [1.54, 1.807) is 12.3 Å². The normalized spacial score (nSPS) is 11.3. The smallest absolute Gasteiger partial charge is 0.240 e. The third-order valence-electron chi connectivity index (χ3n) is 5.03. The highest BCUT2D eigenvalue weighted by atomic mass is 35.5. The Hall–Kier alpha value is -3.08. The van der Waals surface area contributed by atoms with Gasteiger partial charge in [-0.3, -0.25) is 4.79 Å². The van der Waals surface area contributed by atoms with Gasteiger partial charge in [0, 0.05) is 35.6 Å². The molecule has 0 fully saturated rings. The van der Waals surface area contributed by atoms with Crippen molar-refractivity contribution in [2.45, 2.75) is 19.4 Å². The lowest BCUT2D eigenvalue weighted by atomic mass is 10.1. The fraction of sp³-hybridized carbons (Fsp3) is 0.120. The molecule has 0 unspecified atom stereocenters. The van der Waals surface area contributed by atoms with Gasteiger partial charge in [-0.1, -0.05) is 77.8 Å². The van der Waals surface area contributed by atoms with Crippen molar-refractivity contribution in [3.8, 4) is 0 Å². The number of hydrazone groups is 1. The third-order valence-corrected chi connectivity index (χ3v) is 5.77. The number of benzene rings is 3. The summed E-state index contributed by atoms with van der Waals surface area (Å²) in [5, 5.41) is 6.31. The van der Waals surface area contributed by atoms with Gasteiger partial charge in [0.15, 0.2) is 0 Å². The van der Waals surface area contributed by atoms with Gasteiger partial charge < -0.3 is 4.57 Å². The van der Waals surface area contributed by atoms with Crippen molar-refractivity contribution in [1.82, 2.24) is 9.99 Å². The molecule has 0 spiro atoms. The maximum Gasteiger partial charge on any atom is 0.240 e. The van der Waals surface area contributed by atoms with Crippen molar-refractivity contribution < 1.29 is 4.79 Å². The molecule has 3 aromatic carbocycles. The van der Waals surface area contributed by atoms with E-state index in [1.165, 1.54) is 0 Å². The number of hydrogen-bond acceptors (Lipinski definition) is 2. The number of nitrogens with one attached hydrogen (secondary N) is 1. The average molecular weight is 450 g/mol. The second-order valence-electron chi connectivity index (χ2n) is 7.26. The highest BCUT2D eigenvalue weighted by molar-refractivity contribution is 6.42. The van der Waals surface area contributed by atoms with Crippen molar-refractivity contribution >= 4 is 46.2 Å². The zero-order valence-electron chi connectivity index (χ0n) is 16.8. The monoisotopic (exact) mass is 449 g/mol. The largest absolute Gasteiger partial charge is 0.342 e. The molecule has 1 amide bonds. The molecule has 0 aliphatic rings. The zero-order valence-corrected chi connectivity index (χ0v) is 18.3. The molecule has 0 radical (unpaired) electrons. The number of carbonyl (C=O) groups is 1. The Kier molecular flexibility index (Phi) is 6.70. The van der Waals surface area contributed by atoms with Gasteiger partial charge in [0.25, 0.3) is 0 Å². The third kappa shape index (κ3) is 5.35. The number of aryl methyl sites for hydroxylation is 1. The van der Waals surface area contributed by atoms with Gasteiger partial charge in [-0.2, -0.15) is 5.10 Å². The van der Waals surface area contributed by atoms with Gasteiger partial charge in [0.1, 0.15) is 0 Å². The molecule has 1 N–H and O–H groups in total. The second kappa shape index (κ2) is 9.82. The number of nitrogens with zero attached hydrogens (tertiary/aromatic N) is 2. The number of aromatic nitrogens is 1. The zero-order chi connectivity index (χ0) is 21.6. The van der Waals surface area contributed by atoms with Gasteiger partial charge in [-0.15, -0.1) is 0 Å². The molecule has 0 saturated carbocycles. The summed E-state index contributed by atoms with van der Waals surface area (Å²) in [5.74, 6) is -0.111. The van der Waals surface area contributed by atoms with Gasteiger partial charge >= 0.3 is 0 Å². The lowest BCUT2D eigenvalue weighted by Crippen LogP contribution is -2.17. The Morgan fingerprint density at radius 3 is 2.52 bits per heavy atom. The lowest BCUT2D eigenvalue weighted by Gasteiger charge is -2.06. The fourth-order valence-corrected chi connectivity index (χ4v) is 3.80. The maximum atomic E-state index is 12.1. The Labute approximate surface area is 191 Å². The molecule has 31 heavy (non-hydrogen) atoms. The molecule has 0 aliphatic carbocycles. The SMILES string of the molecule is O=C(CCc1ccccc1)N/N=C/c1cn(Cc2ccc(Cl)c(Cl)c2)c2ccccc12. The lowest BCUT2D eigenvalue weighted by molar-refractivity contribution is -0.121. The first-order valence-electron chi connectivity index (χ1n) is 9.98. The van der Waals surface area contributed by atoms with E-state index in [4.69, 9.17) is 23.2 Å². The van der Waals surface area contributed by atoms with Crippen molar-refractivity contribution in [3.63, 3.8) is 0 Å². The Morgan fingerprint density at radius 1 is 0.935 bits per heavy atom. The molecular formula is C25H21Cl2N3O. The van der Waals surface area contributed by atoms with E-state index in [-0.39, 0.29) is 5.91 Å². The van der Waals surface area contributed by atoms with Crippen LogP contribution in [0.15, 0.2) is 84.1 Å². The molecule has 0 aliphatic heterocycles. The molecule has 6 heteroatoms. The number of carbonyl (C=O) groups excluding carboxylic acids is 1. The Balaban J connectivity index is 1.46. The topological polar surface area (TPSA) is 46.4 Å². The minimum Gasteiger partial charge on any atom is -0.342 e. The molecule has 4 nitrogen and oxygen atoms in total. The highest BCUT2D eigenvalue weighted by Crippen LogP contribution is 2.25. The molecule has 1 aromatic heterocycles. The van der Waals surface area contributed by atoms with E-state index in [0.29, 0.717) is 29.4 Å². The van der Waals surface area contributed by atoms with Crippen LogP contribution in [0.2, 0.25) is 10.0 Å². The van der Waals surface area contributed by atoms with E-state index >= 15 is 0 Å². The molecule has 156 valence electrons. The molecule has 4 rings (SSSR count). The summed E-state index contributed by atoms with van der Waals surface area (Å²) in [4.78, 5) is 12.1. The van der Waals surface area contributed by atoms with Crippen LogP contribution in [0.3, 0.4) is 0 Å². The maximum absolute atomic E-state index is 12.1. The summed E-state index contributed by atoms with van der Waals surface area (Å²) in [7, 11) is 0. The molecule has 4 aromatic rings. The summed E-state index contributed by atoms with van der Waals surface area (Å²) in [6.45, 7) is 0.647. The minimum atomic E-state index is -0.111. The first-order valence-corrected chi connectivity index (χ1v) is 10.7. The average Bonchev–Trinajstić information content (AvgIpc) is 3.13. The van der Waals surface area contributed by atoms with Crippen LogP contribution in [0.1, 0.15) is 23.1 Å². The van der Waals surface area contributed by atoms with E-state index in [2.05, 4.69) is 21.2 Å². The van der Waals surface area contributed by atoms with Crippen LogP contribution < -0.4 is 5.43 Å². The van der Waals surface area contributed by atoms with Crippen molar-refractivity contribution in [2.24, 2.45) is 5.10 Å². The summed E-state index contributed by atoms with van der Waals surface area (Å²) >= 11 is 12.2. The molecular weight excluding hydrogens is 429 g/mol. The van der Waals surface area contributed by atoms with E-state index in [1.807, 2.05) is 66.9 Å². The van der Waals surface area contributed by atoms with Gasteiger partial charge in [-0.25, -0.2) is 5.43 Å². The van der Waals surface area contributed by atoms with Crippen LogP contribution in [0.4, 0.5) is 0 Å². The van der Waals surface area contributed by atoms with Crippen LogP contribution in [0, 0.1) is 0 Å². The first kappa shape index (κ1) is 21.2. The van der Waals surface area contributed by atoms with Crippen molar-refractivity contribution in [2.75, 3.05) is 0 Å². The molecule has 0 bridgehead atoms. The fourth-order valence-electron chi connectivity index (χ4n) is 3.48. The number of amides is 1. The summed E-state index contributed by atoms with van der Waals surface area (Å²) in [5.41, 5.74) is 6.81. The van der Waals surface area contributed by atoms with Crippen LogP contribution in [-0.4, -0.2) is 16.7 Å². The van der Waals surface area contributed by atoms with Crippen LogP contribution in [-0.2, 0) is 17.8 Å². The van der Waals surface area contributed by atoms with Gasteiger partial charge in [-0.05, 0) is 35.7 Å². The first-order chi connectivity index (χ1) is 15.1. The summed E-state index contributed by atoms with van der Waals surface area (Å²) in [6.07, 6.45) is 4.78. The molecule has 1 heterocycles. The summed E-state index contributed by atoms with van der Waals surface area (Å²) in [6, 6.07) is 23.7. The number of para-hydroxylation sites is 1. The predicted molar refractivity (Wildman–Crippen MR) is 128 cm³/mol. The van der Waals surface area contributed by atoms with Crippen LogP contribution in [0.25, 0.3) is 10.9 Å². The number of fused-ring (bicyclic) bond motifs is 1. The van der Waals surface area contributed by atoms with Crippen molar-refractivity contribution in [1.29, 1.82) is 0 Å². The minimum absolute atomic E-state index is 0.111. The number of rotatable bonds is 7. The molecule has 0 saturated heterocycles. The van der Waals surface area contributed by atoms with E-state index < -0.39 is 0 Å². The van der Waals surface area contributed by atoms with E-state index in [9.17, 15) is 4.79 Å². The Bertz CT molecular complexity index is 1230. The van der Waals surface area contributed by atoms with Gasteiger partial charge in [0.05, 0.1) is 16.3 Å². The summed E-state index contributed by atoms with van der Waals surface area (Å²) < 4.78 is 2.13. The number of hydrogen-bond donors (Lipinski definition) is 1. The van der Waals surface area contributed by atoms with Crippen molar-refractivity contribution in [3.05, 3.63) is 106 Å². The second-order valence-corrected chi connectivity index (χ2v) is 8.07. The highest BCUT2D eigenvalue weighted by Gasteiger charge is 2.08. The van der Waals surface area contributed by atoms with Gasteiger partial charge in [0.2, 0.25) is 5.91 Å². The predicted octanol–water partition coefficient (Wildman–Crippen LogP) is 6.08. The van der Waals surface area contributed by atoms with Crippen LogP contribution >= 0.6 is 23.2 Å². The molecule has 0 atom stereocenters. The Morgan fingerprint density at radius 2 is 1.71 bits per heavy atom. The quantitative estimate of drug-likeness (QED) is 0.269. The standard InChI is InChI=1S/C25H21Cl2N3O/c26-22-12-10-19(14-23(22)27)16-30-17-20(21-8-4-5-9-24(21)30)15-28-29-25(31)13-11-18-6-2-1-3-7-18/h1-10,12,14-15,17H,11,13,16H2,(H,29,31)/b28-15+. The number of halogens is 2. The van der Waals surface area contributed by atoms with E-state index in [0.717, 1.165) is 27.6 Å². The van der Waals surface area contributed by atoms with Crippen LogP contribution in [0.5, 0.6) is 0 Å².